The van der Waals surface area contributed by atoms with Gasteiger partial charge in [0.15, 0.2) is 0 Å². The normalized spacial score (nSPS) is 17.5. The third kappa shape index (κ3) is 4.45. The molecule has 0 aliphatic heterocycles. The topological polar surface area (TPSA) is 77.8 Å². The summed E-state index contributed by atoms with van der Waals surface area (Å²) in [5.74, 6) is 0.948. The van der Waals surface area contributed by atoms with E-state index in [4.69, 9.17) is 14.5 Å². The Kier molecular flexibility index (Phi) is 5.79. The quantitative estimate of drug-likeness (QED) is 0.446. The molecule has 5 rings (SSSR count). The minimum atomic E-state index is -0.175. The maximum atomic E-state index is 12.8. The van der Waals surface area contributed by atoms with Crippen molar-refractivity contribution >= 4 is 17.2 Å². The van der Waals surface area contributed by atoms with E-state index in [0.29, 0.717) is 29.9 Å². The van der Waals surface area contributed by atoms with E-state index >= 15 is 0 Å². The van der Waals surface area contributed by atoms with E-state index in [2.05, 4.69) is 17.2 Å². The van der Waals surface area contributed by atoms with Crippen LogP contribution in [0.3, 0.4) is 0 Å². The van der Waals surface area contributed by atoms with Crippen molar-refractivity contribution in [1.29, 1.82) is 0 Å². The molecule has 0 bridgehead atoms. The maximum Gasteiger partial charge on any atom is 0.255 e. The van der Waals surface area contributed by atoms with Crippen LogP contribution < -0.4 is 10.1 Å². The summed E-state index contributed by atoms with van der Waals surface area (Å²) >= 11 is 0. The highest BCUT2D eigenvalue weighted by atomic mass is 16.5. The van der Waals surface area contributed by atoms with Gasteiger partial charge in [0.25, 0.3) is 5.91 Å². The minimum Gasteiger partial charge on any atom is -0.487 e. The van der Waals surface area contributed by atoms with E-state index in [-0.39, 0.29) is 5.91 Å². The Labute approximate surface area is 192 Å². The standard InChI is InChI=1S/C26H26N4O3/c1-17-25(19-13-23(14-19)32-2)29-24-11-8-20(15-30(17)24)28-26(31)18-6-9-22(10-7-18)33-16-21-5-3-4-12-27-21/h3-12,15,19,23H,13-14,16H2,1-2H3,(H,28,31). The van der Waals surface area contributed by atoms with Gasteiger partial charge in [-0.1, -0.05) is 6.07 Å². The van der Waals surface area contributed by atoms with Crippen molar-refractivity contribution in [3.05, 3.63) is 89.6 Å². The number of rotatable bonds is 7. The molecule has 7 nitrogen and oxygen atoms in total. The number of aromatic nitrogens is 3. The molecule has 1 amide bonds. The van der Waals surface area contributed by atoms with Crippen LogP contribution in [0, 0.1) is 6.92 Å². The number of carbonyl (C=O) groups excluding carboxylic acids is 1. The number of benzene rings is 1. The first-order chi connectivity index (χ1) is 16.1. The Morgan fingerprint density at radius 1 is 1.12 bits per heavy atom. The molecule has 1 fully saturated rings. The van der Waals surface area contributed by atoms with Crippen LogP contribution >= 0.6 is 0 Å². The molecule has 1 aliphatic rings. The van der Waals surface area contributed by atoms with Crippen molar-refractivity contribution in [3.8, 4) is 5.75 Å². The summed E-state index contributed by atoms with van der Waals surface area (Å²) in [4.78, 5) is 21.8. The van der Waals surface area contributed by atoms with Crippen LogP contribution in [0.1, 0.15) is 46.2 Å². The zero-order chi connectivity index (χ0) is 22.8. The van der Waals surface area contributed by atoms with Crippen molar-refractivity contribution in [2.45, 2.75) is 38.4 Å². The molecule has 0 spiro atoms. The Morgan fingerprint density at radius 2 is 1.94 bits per heavy atom. The number of aryl methyl sites for hydroxylation is 1. The third-order valence-electron chi connectivity index (χ3n) is 6.20. The summed E-state index contributed by atoms with van der Waals surface area (Å²) in [6.07, 6.45) is 6.01. The van der Waals surface area contributed by atoms with Crippen molar-refractivity contribution in [2.75, 3.05) is 12.4 Å². The Morgan fingerprint density at radius 3 is 2.67 bits per heavy atom. The number of pyridine rings is 2. The molecular formula is C26H26N4O3. The summed E-state index contributed by atoms with van der Waals surface area (Å²) < 4.78 is 13.2. The van der Waals surface area contributed by atoms with Crippen molar-refractivity contribution in [3.63, 3.8) is 0 Å². The molecule has 0 saturated heterocycles. The van der Waals surface area contributed by atoms with E-state index in [1.807, 2.05) is 40.9 Å². The molecule has 7 heteroatoms. The third-order valence-corrected chi connectivity index (χ3v) is 6.20. The van der Waals surface area contributed by atoms with Crippen molar-refractivity contribution in [2.24, 2.45) is 0 Å². The lowest BCUT2D eigenvalue weighted by atomic mass is 9.79. The average molecular weight is 443 g/mol. The Hall–Kier alpha value is -3.71. The molecule has 1 aliphatic carbocycles. The fraction of sp³-hybridized carbons (Fsp3) is 0.269. The smallest absolute Gasteiger partial charge is 0.255 e. The van der Waals surface area contributed by atoms with Gasteiger partial charge in [-0.15, -0.1) is 0 Å². The number of hydrogen-bond acceptors (Lipinski definition) is 5. The number of amides is 1. The minimum absolute atomic E-state index is 0.175. The number of fused-ring (bicyclic) bond motifs is 1. The lowest BCUT2D eigenvalue weighted by Gasteiger charge is -2.33. The molecule has 3 heterocycles. The molecule has 3 aromatic heterocycles. The van der Waals surface area contributed by atoms with Crippen LogP contribution in [-0.4, -0.2) is 33.5 Å². The van der Waals surface area contributed by atoms with Gasteiger partial charge in [0.1, 0.15) is 18.0 Å². The number of methoxy groups -OCH3 is 1. The van der Waals surface area contributed by atoms with Gasteiger partial charge in [0.05, 0.1) is 23.2 Å². The van der Waals surface area contributed by atoms with Gasteiger partial charge >= 0.3 is 0 Å². The monoisotopic (exact) mass is 442 g/mol. The molecule has 1 N–H and O–H groups in total. The summed E-state index contributed by atoms with van der Waals surface area (Å²) in [6.45, 7) is 2.45. The molecular weight excluding hydrogens is 416 g/mol. The number of imidazole rings is 1. The summed E-state index contributed by atoms with van der Waals surface area (Å²) in [5, 5.41) is 2.98. The van der Waals surface area contributed by atoms with Crippen LogP contribution in [0.2, 0.25) is 0 Å². The fourth-order valence-electron chi connectivity index (χ4n) is 4.17. The predicted octanol–water partition coefficient (Wildman–Crippen LogP) is 4.76. The van der Waals surface area contributed by atoms with Gasteiger partial charge in [-0.3, -0.25) is 9.78 Å². The van der Waals surface area contributed by atoms with Gasteiger partial charge in [-0.25, -0.2) is 4.98 Å². The SMILES string of the molecule is COC1CC(c2nc3ccc(NC(=O)c4ccc(OCc5ccccn5)cc4)cn3c2C)C1. The second-order valence-corrected chi connectivity index (χ2v) is 8.34. The highest BCUT2D eigenvalue weighted by Gasteiger charge is 2.33. The molecule has 1 saturated carbocycles. The van der Waals surface area contributed by atoms with Gasteiger partial charge < -0.3 is 19.2 Å². The zero-order valence-corrected chi connectivity index (χ0v) is 18.7. The molecule has 1 aromatic carbocycles. The lowest BCUT2D eigenvalue weighted by Crippen LogP contribution is -2.29. The number of nitrogens with zero attached hydrogens (tertiary/aromatic N) is 3. The molecule has 4 aromatic rings. The second-order valence-electron chi connectivity index (χ2n) is 8.34. The Bertz CT molecular complexity index is 1260. The van der Waals surface area contributed by atoms with Crippen LogP contribution in [0.5, 0.6) is 5.75 Å². The predicted molar refractivity (Wildman–Crippen MR) is 126 cm³/mol. The van der Waals surface area contributed by atoms with Crippen LogP contribution in [0.4, 0.5) is 5.69 Å². The van der Waals surface area contributed by atoms with Crippen molar-refractivity contribution < 1.29 is 14.3 Å². The first-order valence-electron chi connectivity index (χ1n) is 11.1. The van der Waals surface area contributed by atoms with E-state index in [1.54, 1.807) is 37.6 Å². The van der Waals surface area contributed by atoms with Gasteiger partial charge in [0.2, 0.25) is 0 Å². The number of nitrogens with one attached hydrogen (secondary N) is 1. The Balaban J connectivity index is 1.24. The van der Waals surface area contributed by atoms with Crippen LogP contribution in [0.25, 0.3) is 5.65 Å². The largest absolute Gasteiger partial charge is 0.487 e. The van der Waals surface area contributed by atoms with E-state index in [0.717, 1.165) is 41.3 Å². The maximum absolute atomic E-state index is 12.8. The number of carbonyl (C=O) groups is 1. The van der Waals surface area contributed by atoms with Gasteiger partial charge in [-0.05, 0) is 68.3 Å². The second kappa shape index (κ2) is 9.03. The summed E-state index contributed by atoms with van der Waals surface area (Å²) in [5.41, 5.74) is 5.24. The van der Waals surface area contributed by atoms with E-state index in [1.165, 1.54) is 0 Å². The van der Waals surface area contributed by atoms with Crippen LogP contribution in [-0.2, 0) is 11.3 Å². The van der Waals surface area contributed by atoms with Gasteiger partial charge in [0, 0.05) is 36.7 Å². The molecule has 0 radical (unpaired) electrons. The molecule has 0 unspecified atom stereocenters. The number of ether oxygens (including phenoxy) is 2. The van der Waals surface area contributed by atoms with Crippen molar-refractivity contribution in [1.82, 2.24) is 14.4 Å². The fourth-order valence-corrected chi connectivity index (χ4v) is 4.17. The van der Waals surface area contributed by atoms with Crippen LogP contribution in [0.15, 0.2) is 67.0 Å². The van der Waals surface area contributed by atoms with E-state index in [9.17, 15) is 4.79 Å². The zero-order valence-electron chi connectivity index (χ0n) is 18.7. The molecule has 168 valence electrons. The molecule has 33 heavy (non-hydrogen) atoms. The number of anilines is 1. The van der Waals surface area contributed by atoms with E-state index < -0.39 is 0 Å². The lowest BCUT2D eigenvalue weighted by molar-refractivity contribution is 0.0247. The first-order valence-corrected chi connectivity index (χ1v) is 11.1. The highest BCUT2D eigenvalue weighted by Crippen LogP contribution is 2.39. The summed E-state index contributed by atoms with van der Waals surface area (Å²) in [7, 11) is 1.76. The average Bonchev–Trinajstić information content (AvgIpc) is 3.13. The highest BCUT2D eigenvalue weighted by molar-refractivity contribution is 6.04. The first kappa shape index (κ1) is 21.2. The molecule has 0 atom stereocenters. The number of hydrogen-bond donors (Lipinski definition) is 1. The van der Waals surface area contributed by atoms with Gasteiger partial charge in [-0.2, -0.15) is 0 Å². The summed E-state index contributed by atoms with van der Waals surface area (Å²) in [6, 6.07) is 16.6.